The summed E-state index contributed by atoms with van der Waals surface area (Å²) in [6, 6.07) is 8.36. The molecule has 4 aromatic rings. The van der Waals surface area contributed by atoms with Crippen molar-refractivity contribution in [3.63, 3.8) is 0 Å². The van der Waals surface area contributed by atoms with Crippen LogP contribution in [0.2, 0.25) is 0 Å². The summed E-state index contributed by atoms with van der Waals surface area (Å²) >= 11 is 1.42. The number of hydrogen-bond donors (Lipinski definition) is 2. The molecule has 1 atom stereocenters. The first-order valence-corrected chi connectivity index (χ1v) is 14.2. The van der Waals surface area contributed by atoms with Gasteiger partial charge in [-0.25, -0.2) is 32.6 Å². The van der Waals surface area contributed by atoms with Gasteiger partial charge >= 0.3 is 16.2 Å². The number of pyridine rings is 1. The Morgan fingerprint density at radius 2 is 1.93 bits per heavy atom. The summed E-state index contributed by atoms with van der Waals surface area (Å²) in [5.41, 5.74) is 2.84. The molecule has 0 spiro atoms. The maximum atomic E-state index is 13.9. The van der Waals surface area contributed by atoms with Crippen LogP contribution in [0.15, 0.2) is 60.2 Å². The highest BCUT2D eigenvalue weighted by atomic mass is 32.2. The smallest absolute Gasteiger partial charge is 0.330 e. The van der Waals surface area contributed by atoms with Crippen molar-refractivity contribution in [3.05, 3.63) is 77.4 Å². The van der Waals surface area contributed by atoms with Gasteiger partial charge in [-0.3, -0.25) is 4.79 Å². The first kappa shape index (κ1) is 27.2. The summed E-state index contributed by atoms with van der Waals surface area (Å²) < 4.78 is 63.0. The number of carbonyl (C=O) groups is 2. The number of ether oxygens (including phenoxy) is 1. The number of benzene rings is 2. The summed E-state index contributed by atoms with van der Waals surface area (Å²) in [6.45, 7) is -0.0824. The van der Waals surface area contributed by atoms with Crippen LogP contribution in [0.1, 0.15) is 5.56 Å². The molecule has 11 nitrogen and oxygen atoms in total. The number of likely N-dealkylation sites (N-methyl/N-ethyl adjacent to an activating group) is 1. The van der Waals surface area contributed by atoms with Crippen LogP contribution in [0.4, 0.5) is 25.1 Å². The van der Waals surface area contributed by atoms with Crippen molar-refractivity contribution < 1.29 is 31.5 Å². The maximum Gasteiger partial charge on any atom is 0.330 e. The predicted octanol–water partition coefficient (Wildman–Crippen LogP) is 2.99. The van der Waals surface area contributed by atoms with E-state index < -0.39 is 39.8 Å². The average molecular weight is 589 g/mol. The van der Waals surface area contributed by atoms with Crippen LogP contribution in [0, 0.1) is 11.6 Å². The second-order valence-electron chi connectivity index (χ2n) is 8.76. The lowest BCUT2D eigenvalue weighted by Gasteiger charge is -2.29. The number of nitrogens with one attached hydrogen (secondary N) is 2. The Balaban J connectivity index is 1.39. The lowest BCUT2D eigenvalue weighted by Crippen LogP contribution is -2.55. The fourth-order valence-corrected chi connectivity index (χ4v) is 5.94. The molecule has 0 unspecified atom stereocenters. The number of urea groups is 1. The summed E-state index contributed by atoms with van der Waals surface area (Å²) in [7, 11) is -3.01. The number of carbonyl (C=O) groups excluding carboxylic acids is 2. The first-order valence-electron chi connectivity index (χ1n) is 11.9. The van der Waals surface area contributed by atoms with Crippen LogP contribution < -0.4 is 24.0 Å². The monoisotopic (exact) mass is 588 g/mol. The van der Waals surface area contributed by atoms with Crippen LogP contribution in [-0.4, -0.2) is 56.6 Å². The molecule has 0 saturated heterocycles. The minimum atomic E-state index is -4.47. The van der Waals surface area contributed by atoms with E-state index >= 15 is 0 Å². The van der Waals surface area contributed by atoms with E-state index in [4.69, 9.17) is 4.74 Å². The van der Waals surface area contributed by atoms with Gasteiger partial charge in [0.25, 0.3) is 0 Å². The zero-order valence-corrected chi connectivity index (χ0v) is 22.5. The Kier molecular flexibility index (Phi) is 7.49. The van der Waals surface area contributed by atoms with Crippen LogP contribution in [0.3, 0.4) is 0 Å². The van der Waals surface area contributed by atoms with Crippen LogP contribution in [0.25, 0.3) is 10.2 Å². The van der Waals surface area contributed by atoms with E-state index in [-0.39, 0.29) is 36.7 Å². The van der Waals surface area contributed by atoms with E-state index in [1.165, 1.54) is 35.5 Å². The number of anilines is 2. The van der Waals surface area contributed by atoms with E-state index in [2.05, 4.69) is 15.3 Å². The molecule has 1 aliphatic heterocycles. The third kappa shape index (κ3) is 5.79. The topological polar surface area (TPSA) is 134 Å². The second-order valence-corrected chi connectivity index (χ2v) is 11.2. The molecule has 0 saturated carbocycles. The normalized spacial score (nSPS) is 13.7. The Bertz CT molecular complexity index is 1680. The molecule has 15 heteroatoms. The molecule has 2 N–H and O–H groups in total. The Hall–Kier alpha value is -4.37. The van der Waals surface area contributed by atoms with Crippen LogP contribution in [0.5, 0.6) is 5.75 Å². The highest BCUT2D eigenvalue weighted by Crippen LogP contribution is 2.30. The summed E-state index contributed by atoms with van der Waals surface area (Å²) in [5.74, 6) is -2.18. The molecule has 0 radical (unpaired) electrons. The van der Waals surface area contributed by atoms with Crippen molar-refractivity contribution in [2.24, 2.45) is 0 Å². The van der Waals surface area contributed by atoms with Crippen molar-refractivity contribution in [1.82, 2.24) is 20.0 Å². The molecular weight excluding hydrogens is 566 g/mol. The predicted molar refractivity (Wildman–Crippen MR) is 145 cm³/mol. The number of hydrogen-bond acceptors (Lipinski definition) is 8. The molecule has 0 bridgehead atoms. The second kappa shape index (κ2) is 11.0. The first-order chi connectivity index (χ1) is 19.1. The molecule has 3 amide bonds. The van der Waals surface area contributed by atoms with Crippen molar-refractivity contribution in [2.45, 2.75) is 12.5 Å². The summed E-state index contributed by atoms with van der Waals surface area (Å²) in [5, 5.41) is 2.35. The third-order valence-corrected chi connectivity index (χ3v) is 8.24. The SMILES string of the molecule is CN(C(=O)[C@H](Cc1cc(F)cc(F)c1)NC(=O)NS(=O)(=O)N1CCOc2cccnc21)c1ccc2scnc2c1. The number of aromatic nitrogens is 2. The number of rotatable bonds is 7. The van der Waals surface area contributed by atoms with Gasteiger partial charge in [-0.2, -0.15) is 8.42 Å². The van der Waals surface area contributed by atoms with Gasteiger partial charge in [0.05, 0.1) is 22.3 Å². The molecule has 3 heterocycles. The standard InChI is InChI=1S/C25H22F2N6O5S2/c1-32(18-4-5-22-19(13-18)29-14-39-22)24(34)20(11-15-9-16(26)12-17(27)10-15)30-25(35)31-40(36,37)33-7-8-38-21-3-2-6-28-23(21)33/h2-6,9-10,12-14,20H,7-8,11H2,1H3,(H2,30,31,35)/t20-/m0/s1. The molecule has 40 heavy (non-hydrogen) atoms. The zero-order valence-electron chi connectivity index (χ0n) is 20.9. The van der Waals surface area contributed by atoms with E-state index in [9.17, 15) is 26.8 Å². The zero-order chi connectivity index (χ0) is 28.4. The van der Waals surface area contributed by atoms with Gasteiger partial charge in [-0.1, -0.05) is 0 Å². The van der Waals surface area contributed by atoms with Crippen LogP contribution >= 0.6 is 11.3 Å². The third-order valence-electron chi connectivity index (χ3n) is 6.05. The van der Waals surface area contributed by atoms with E-state index in [1.807, 2.05) is 4.72 Å². The average Bonchev–Trinajstić information content (AvgIpc) is 3.39. The lowest BCUT2D eigenvalue weighted by molar-refractivity contribution is -0.120. The van der Waals surface area contributed by atoms with E-state index in [1.54, 1.807) is 29.8 Å². The summed E-state index contributed by atoms with van der Waals surface area (Å²) in [6.07, 6.45) is 1.05. The maximum absolute atomic E-state index is 13.9. The molecule has 0 fully saturated rings. The highest BCUT2D eigenvalue weighted by molar-refractivity contribution is 7.91. The van der Waals surface area contributed by atoms with Crippen molar-refractivity contribution in [2.75, 3.05) is 29.4 Å². The number of nitrogens with zero attached hydrogens (tertiary/aromatic N) is 4. The fraction of sp³-hybridized carbons (Fsp3) is 0.200. The van der Waals surface area contributed by atoms with Gasteiger partial charge in [0.1, 0.15) is 24.3 Å². The number of thiazole rings is 1. The molecule has 5 rings (SSSR count). The Labute approximate surface area is 231 Å². The summed E-state index contributed by atoms with van der Waals surface area (Å²) in [4.78, 5) is 36.0. The molecule has 2 aromatic heterocycles. The van der Waals surface area contributed by atoms with Crippen molar-refractivity contribution in [3.8, 4) is 5.75 Å². The number of halogens is 2. The van der Waals surface area contributed by atoms with Gasteiger partial charge in [-0.05, 0) is 48.0 Å². The van der Waals surface area contributed by atoms with Gasteiger partial charge in [0.15, 0.2) is 11.6 Å². The van der Waals surface area contributed by atoms with E-state index in [0.717, 1.165) is 21.1 Å². The molecular formula is C25H22F2N6O5S2. The number of fused-ring (bicyclic) bond motifs is 2. The molecule has 1 aliphatic rings. The Morgan fingerprint density at radius 1 is 1.15 bits per heavy atom. The van der Waals surface area contributed by atoms with Crippen molar-refractivity contribution >= 4 is 55.2 Å². The lowest BCUT2D eigenvalue weighted by atomic mass is 10.0. The van der Waals surface area contributed by atoms with E-state index in [0.29, 0.717) is 17.3 Å². The van der Waals surface area contributed by atoms with Gasteiger partial charge < -0.3 is 15.0 Å². The molecule has 208 valence electrons. The fourth-order valence-electron chi connectivity index (χ4n) is 4.20. The van der Waals surface area contributed by atoms with Gasteiger partial charge in [0.2, 0.25) is 5.91 Å². The Morgan fingerprint density at radius 3 is 2.70 bits per heavy atom. The van der Waals surface area contributed by atoms with Crippen molar-refractivity contribution in [1.29, 1.82) is 0 Å². The quantitative estimate of drug-likeness (QED) is 0.339. The van der Waals surface area contributed by atoms with Gasteiger partial charge in [-0.15, -0.1) is 11.3 Å². The number of amides is 3. The molecule has 2 aromatic carbocycles. The minimum Gasteiger partial charge on any atom is -0.488 e. The van der Waals surface area contributed by atoms with Gasteiger partial charge in [0, 0.05) is 31.4 Å². The largest absolute Gasteiger partial charge is 0.488 e. The highest BCUT2D eigenvalue weighted by Gasteiger charge is 2.33. The molecule has 0 aliphatic carbocycles. The minimum absolute atomic E-state index is 0.00548. The van der Waals surface area contributed by atoms with Crippen LogP contribution in [-0.2, 0) is 21.4 Å².